The highest BCUT2D eigenvalue weighted by Gasteiger charge is 2.05. The van der Waals surface area contributed by atoms with Gasteiger partial charge in [-0.25, -0.2) is 9.36 Å². The average Bonchev–Trinajstić information content (AvgIpc) is 3.06. The molecule has 0 aliphatic heterocycles. The molecule has 0 saturated carbocycles. The lowest BCUT2D eigenvalue weighted by molar-refractivity contribution is 0.113. The van der Waals surface area contributed by atoms with Gasteiger partial charge >= 0.3 is 0 Å². The first kappa shape index (κ1) is 15.6. The van der Waals surface area contributed by atoms with Crippen LogP contribution in [0.4, 0.5) is 0 Å². The van der Waals surface area contributed by atoms with Crippen molar-refractivity contribution in [3.63, 3.8) is 0 Å². The summed E-state index contributed by atoms with van der Waals surface area (Å²) in [5, 5.41) is 16.4. The first-order valence-corrected chi connectivity index (χ1v) is 7.44. The van der Waals surface area contributed by atoms with Crippen molar-refractivity contribution in [2.75, 3.05) is 13.2 Å². The van der Waals surface area contributed by atoms with Gasteiger partial charge in [-0.2, -0.15) is 0 Å². The topological polar surface area (TPSA) is 70.7 Å². The molecule has 7 nitrogen and oxygen atoms in total. The Bertz CT molecular complexity index is 497. The molecule has 0 saturated heterocycles. The molecule has 0 aliphatic carbocycles. The van der Waals surface area contributed by atoms with E-state index in [2.05, 4.69) is 48.3 Å². The average molecular weight is 292 g/mol. The Hall–Kier alpha value is -1.76. The van der Waals surface area contributed by atoms with Gasteiger partial charge in [0.25, 0.3) is 0 Å². The Labute approximate surface area is 125 Å². The van der Waals surface area contributed by atoms with Gasteiger partial charge in [0.2, 0.25) is 0 Å². The maximum Gasteiger partial charge on any atom is 0.0852 e. The first-order valence-electron chi connectivity index (χ1n) is 7.44. The summed E-state index contributed by atoms with van der Waals surface area (Å²) >= 11 is 0. The van der Waals surface area contributed by atoms with E-state index < -0.39 is 0 Å². The smallest absolute Gasteiger partial charge is 0.0852 e. The van der Waals surface area contributed by atoms with Crippen molar-refractivity contribution in [1.82, 2.24) is 30.0 Å². The van der Waals surface area contributed by atoms with Crippen molar-refractivity contribution in [3.8, 4) is 0 Å². The molecule has 0 N–H and O–H groups in total. The number of hydrogen-bond acceptors (Lipinski definition) is 5. The molecule has 21 heavy (non-hydrogen) atoms. The summed E-state index contributed by atoms with van der Waals surface area (Å²) in [4.78, 5) is 0. The Morgan fingerprint density at radius 3 is 1.62 bits per heavy atom. The molecular formula is C14H24N6O. The minimum atomic E-state index is 0.405. The first-order chi connectivity index (χ1) is 10.1. The van der Waals surface area contributed by atoms with Gasteiger partial charge in [0, 0.05) is 12.4 Å². The summed E-state index contributed by atoms with van der Waals surface area (Å²) in [6.07, 6.45) is 3.95. The van der Waals surface area contributed by atoms with Crippen molar-refractivity contribution in [2.24, 2.45) is 0 Å². The van der Waals surface area contributed by atoms with Crippen LogP contribution in [-0.4, -0.2) is 43.2 Å². The Morgan fingerprint density at radius 2 is 1.29 bits per heavy atom. The zero-order valence-corrected chi connectivity index (χ0v) is 13.2. The fourth-order valence-corrected chi connectivity index (χ4v) is 1.79. The molecule has 0 fully saturated rings. The largest absolute Gasteiger partial charge is 0.378 e. The summed E-state index contributed by atoms with van der Waals surface area (Å²) in [6.45, 7) is 11.1. The predicted molar refractivity (Wildman–Crippen MR) is 79.0 cm³/mol. The van der Waals surface area contributed by atoms with Crippen molar-refractivity contribution in [2.45, 2.75) is 52.6 Å². The van der Waals surface area contributed by atoms with Crippen molar-refractivity contribution in [3.05, 3.63) is 23.8 Å². The van der Waals surface area contributed by atoms with Crippen LogP contribution < -0.4 is 0 Å². The third-order valence-corrected chi connectivity index (χ3v) is 3.23. The lowest BCUT2D eigenvalue weighted by atomic mass is 10.2. The molecule has 0 aromatic carbocycles. The molecule has 2 rings (SSSR count). The van der Waals surface area contributed by atoms with Crippen LogP contribution in [0.2, 0.25) is 0 Å². The number of ether oxygens (including phenoxy) is 1. The number of nitrogens with zero attached hydrogens (tertiary/aromatic N) is 6. The summed E-state index contributed by atoms with van der Waals surface area (Å²) in [7, 11) is 0. The van der Waals surface area contributed by atoms with E-state index in [0.29, 0.717) is 38.1 Å². The van der Waals surface area contributed by atoms with Gasteiger partial charge in [-0.3, -0.25) is 0 Å². The maximum atomic E-state index is 5.60. The molecule has 0 spiro atoms. The van der Waals surface area contributed by atoms with Crippen molar-refractivity contribution in [1.29, 1.82) is 0 Å². The highest BCUT2D eigenvalue weighted by atomic mass is 16.5. The highest BCUT2D eigenvalue weighted by molar-refractivity contribution is 4.98. The van der Waals surface area contributed by atoms with Gasteiger partial charge < -0.3 is 4.74 Å². The van der Waals surface area contributed by atoms with Crippen LogP contribution in [0.25, 0.3) is 0 Å². The molecule has 0 amide bonds. The van der Waals surface area contributed by atoms with Crippen LogP contribution in [0.15, 0.2) is 12.4 Å². The van der Waals surface area contributed by atoms with E-state index in [-0.39, 0.29) is 0 Å². The van der Waals surface area contributed by atoms with Gasteiger partial charge in [0.05, 0.1) is 37.7 Å². The number of aromatic nitrogens is 6. The summed E-state index contributed by atoms with van der Waals surface area (Å²) in [5.74, 6) is 0.810. The lowest BCUT2D eigenvalue weighted by Gasteiger charge is -2.04. The van der Waals surface area contributed by atoms with E-state index in [9.17, 15) is 0 Å². The summed E-state index contributed by atoms with van der Waals surface area (Å²) in [6, 6.07) is 0. The third-order valence-electron chi connectivity index (χ3n) is 3.23. The highest BCUT2D eigenvalue weighted by Crippen LogP contribution is 2.09. The van der Waals surface area contributed by atoms with Crippen molar-refractivity contribution >= 4 is 0 Å². The zero-order valence-electron chi connectivity index (χ0n) is 13.2. The van der Waals surface area contributed by atoms with Gasteiger partial charge in [-0.05, 0) is 11.8 Å². The Morgan fingerprint density at radius 1 is 0.857 bits per heavy atom. The molecule has 2 aromatic heterocycles. The van der Waals surface area contributed by atoms with E-state index in [1.54, 1.807) is 0 Å². The summed E-state index contributed by atoms with van der Waals surface area (Å²) < 4.78 is 9.25. The minimum Gasteiger partial charge on any atom is -0.378 e. The van der Waals surface area contributed by atoms with E-state index >= 15 is 0 Å². The quantitative estimate of drug-likeness (QED) is 0.694. The molecule has 7 heteroatoms. The van der Waals surface area contributed by atoms with Crippen molar-refractivity contribution < 1.29 is 4.74 Å². The molecule has 0 aliphatic rings. The molecule has 2 aromatic rings. The van der Waals surface area contributed by atoms with E-state index in [1.165, 1.54) is 0 Å². The monoisotopic (exact) mass is 292 g/mol. The molecule has 116 valence electrons. The summed E-state index contributed by atoms with van der Waals surface area (Å²) in [5.41, 5.74) is 2.03. The molecule has 0 unspecified atom stereocenters. The molecule has 0 atom stereocenters. The molecule has 2 heterocycles. The van der Waals surface area contributed by atoms with Crippen LogP contribution in [-0.2, 0) is 17.8 Å². The van der Waals surface area contributed by atoms with Crippen LogP contribution in [0.1, 0.15) is 50.9 Å². The maximum absolute atomic E-state index is 5.60. The second kappa shape index (κ2) is 7.31. The Balaban J connectivity index is 1.65. The molecule has 0 bridgehead atoms. The van der Waals surface area contributed by atoms with Crippen LogP contribution in [0.3, 0.4) is 0 Å². The minimum absolute atomic E-state index is 0.405. The fourth-order valence-electron chi connectivity index (χ4n) is 1.79. The van der Waals surface area contributed by atoms with Gasteiger partial charge in [-0.15, -0.1) is 10.2 Å². The second-order valence-corrected chi connectivity index (χ2v) is 5.73. The fraction of sp³-hybridized carbons (Fsp3) is 0.714. The van der Waals surface area contributed by atoms with Crippen LogP contribution >= 0.6 is 0 Å². The van der Waals surface area contributed by atoms with Gasteiger partial charge in [0.1, 0.15) is 0 Å². The SMILES string of the molecule is CC(C)c1cn(CCOCCn2cc(C(C)C)nn2)nn1. The zero-order chi connectivity index (χ0) is 15.2. The standard InChI is InChI=1S/C14H24N6O/c1-11(2)13-9-19(17-15-13)5-7-21-8-6-20-10-14(12(3)4)16-18-20/h9-12H,5-8H2,1-4H3. The van der Waals surface area contributed by atoms with E-state index in [1.807, 2.05) is 21.8 Å². The second-order valence-electron chi connectivity index (χ2n) is 5.73. The van der Waals surface area contributed by atoms with Crippen LogP contribution in [0.5, 0.6) is 0 Å². The number of rotatable bonds is 8. The van der Waals surface area contributed by atoms with Gasteiger partial charge in [0.15, 0.2) is 0 Å². The predicted octanol–water partition coefficient (Wildman–Crippen LogP) is 1.83. The lowest BCUT2D eigenvalue weighted by Crippen LogP contribution is -2.11. The van der Waals surface area contributed by atoms with E-state index in [0.717, 1.165) is 11.4 Å². The third kappa shape index (κ3) is 4.63. The van der Waals surface area contributed by atoms with Crippen LogP contribution in [0, 0.1) is 0 Å². The Kier molecular flexibility index (Phi) is 5.44. The molecular weight excluding hydrogens is 268 g/mol. The van der Waals surface area contributed by atoms with Gasteiger partial charge in [-0.1, -0.05) is 38.1 Å². The number of hydrogen-bond donors (Lipinski definition) is 0. The van der Waals surface area contributed by atoms with E-state index in [4.69, 9.17) is 4.74 Å². The normalized spacial score (nSPS) is 11.7. The molecule has 0 radical (unpaired) electrons.